The van der Waals surface area contributed by atoms with E-state index in [4.69, 9.17) is 9.47 Å². The Morgan fingerprint density at radius 1 is 1.34 bits per heavy atom. The van der Waals surface area contributed by atoms with Crippen molar-refractivity contribution in [1.29, 1.82) is 0 Å². The van der Waals surface area contributed by atoms with E-state index in [9.17, 15) is 4.79 Å². The third kappa shape index (κ3) is 8.77. The molecule has 1 fully saturated rings. The Morgan fingerprint density at radius 2 is 2.14 bits per heavy atom. The standard InChI is InChI=1S/C21H34N4O3.HI/c1-16(2)20(26)25-10-9-18(15-25)24-21(22-3)23-14-17-7-5-8-19(13-17)28-12-6-11-27-4;/h5,7-8,13,16,18H,6,9-12,14-15H2,1-4H3,(H2,22,23,24);1H. The maximum Gasteiger partial charge on any atom is 0.225 e. The van der Waals surface area contributed by atoms with E-state index < -0.39 is 0 Å². The average molecular weight is 518 g/mol. The maximum absolute atomic E-state index is 12.1. The predicted molar refractivity (Wildman–Crippen MR) is 127 cm³/mol. The van der Waals surface area contributed by atoms with Gasteiger partial charge in [0.15, 0.2) is 5.96 Å². The zero-order chi connectivity index (χ0) is 20.4. The summed E-state index contributed by atoms with van der Waals surface area (Å²) in [6.07, 6.45) is 1.80. The molecule has 7 nitrogen and oxygen atoms in total. The fourth-order valence-corrected chi connectivity index (χ4v) is 3.16. The van der Waals surface area contributed by atoms with E-state index in [1.54, 1.807) is 14.2 Å². The minimum Gasteiger partial charge on any atom is -0.493 e. The number of carbonyl (C=O) groups excluding carboxylic acids is 1. The number of hydrogen-bond donors (Lipinski definition) is 2. The zero-order valence-electron chi connectivity index (χ0n) is 17.9. The number of halogens is 1. The highest BCUT2D eigenvalue weighted by molar-refractivity contribution is 14.0. The Morgan fingerprint density at radius 3 is 2.83 bits per heavy atom. The maximum atomic E-state index is 12.1. The van der Waals surface area contributed by atoms with Gasteiger partial charge in [-0.05, 0) is 24.1 Å². The monoisotopic (exact) mass is 518 g/mol. The van der Waals surface area contributed by atoms with E-state index in [0.29, 0.717) is 19.8 Å². The van der Waals surface area contributed by atoms with Gasteiger partial charge in [0.05, 0.1) is 6.61 Å². The molecular formula is C21H35IN4O3. The van der Waals surface area contributed by atoms with E-state index in [2.05, 4.69) is 21.7 Å². The molecule has 2 N–H and O–H groups in total. The van der Waals surface area contributed by atoms with Gasteiger partial charge in [-0.2, -0.15) is 0 Å². The van der Waals surface area contributed by atoms with Crippen LogP contribution < -0.4 is 15.4 Å². The van der Waals surface area contributed by atoms with Crippen molar-refractivity contribution >= 4 is 35.8 Å². The quantitative estimate of drug-likeness (QED) is 0.228. The summed E-state index contributed by atoms with van der Waals surface area (Å²) < 4.78 is 10.8. The first-order valence-electron chi connectivity index (χ1n) is 10.00. The summed E-state index contributed by atoms with van der Waals surface area (Å²) in [5, 5.41) is 6.77. The molecule has 2 rings (SSSR count). The molecule has 0 spiro atoms. The smallest absolute Gasteiger partial charge is 0.225 e. The van der Waals surface area contributed by atoms with E-state index in [1.807, 2.05) is 36.9 Å². The highest BCUT2D eigenvalue weighted by atomic mass is 127. The van der Waals surface area contributed by atoms with Crippen LogP contribution in [0.5, 0.6) is 5.75 Å². The van der Waals surface area contributed by atoms with Gasteiger partial charge in [-0.15, -0.1) is 24.0 Å². The summed E-state index contributed by atoms with van der Waals surface area (Å²) in [5.74, 6) is 1.86. The number of methoxy groups -OCH3 is 1. The van der Waals surface area contributed by atoms with Crippen LogP contribution in [-0.4, -0.2) is 63.3 Å². The van der Waals surface area contributed by atoms with Crippen molar-refractivity contribution in [3.05, 3.63) is 29.8 Å². The van der Waals surface area contributed by atoms with Gasteiger partial charge in [-0.1, -0.05) is 26.0 Å². The lowest BCUT2D eigenvalue weighted by molar-refractivity contribution is -0.133. The van der Waals surface area contributed by atoms with Gasteiger partial charge in [-0.25, -0.2) is 0 Å². The third-order valence-electron chi connectivity index (χ3n) is 4.68. The fourth-order valence-electron chi connectivity index (χ4n) is 3.16. The summed E-state index contributed by atoms with van der Waals surface area (Å²) in [7, 11) is 3.45. The Labute approximate surface area is 191 Å². The first-order valence-corrected chi connectivity index (χ1v) is 10.00. The van der Waals surface area contributed by atoms with Gasteiger partial charge in [0.1, 0.15) is 5.75 Å². The second kappa shape index (κ2) is 13.6. The number of ether oxygens (including phenoxy) is 2. The number of carbonyl (C=O) groups is 1. The molecule has 1 saturated heterocycles. The van der Waals surface area contributed by atoms with E-state index in [0.717, 1.165) is 43.2 Å². The zero-order valence-corrected chi connectivity index (χ0v) is 20.3. The number of nitrogens with one attached hydrogen (secondary N) is 2. The molecule has 164 valence electrons. The molecule has 0 bridgehead atoms. The molecule has 0 radical (unpaired) electrons. The van der Waals surface area contributed by atoms with Crippen LogP contribution in [0.2, 0.25) is 0 Å². The van der Waals surface area contributed by atoms with Crippen LogP contribution in [0.3, 0.4) is 0 Å². The summed E-state index contributed by atoms with van der Waals surface area (Å²) in [6, 6.07) is 8.27. The lowest BCUT2D eigenvalue weighted by Crippen LogP contribution is -2.45. The third-order valence-corrected chi connectivity index (χ3v) is 4.68. The van der Waals surface area contributed by atoms with E-state index in [1.165, 1.54) is 0 Å². The van der Waals surface area contributed by atoms with Crippen molar-refractivity contribution in [1.82, 2.24) is 15.5 Å². The van der Waals surface area contributed by atoms with Crippen molar-refractivity contribution in [3.8, 4) is 5.75 Å². The van der Waals surface area contributed by atoms with Crippen LogP contribution in [0.4, 0.5) is 0 Å². The van der Waals surface area contributed by atoms with Crippen LogP contribution in [0.25, 0.3) is 0 Å². The minimum atomic E-state index is 0. The Balaban J connectivity index is 0.00000420. The Bertz CT molecular complexity index is 655. The van der Waals surface area contributed by atoms with E-state index >= 15 is 0 Å². The molecule has 1 heterocycles. The lowest BCUT2D eigenvalue weighted by atomic mass is 10.2. The normalized spacial score (nSPS) is 16.5. The average Bonchev–Trinajstić information content (AvgIpc) is 3.16. The fraction of sp³-hybridized carbons (Fsp3) is 0.619. The van der Waals surface area contributed by atoms with Crippen molar-refractivity contribution in [2.75, 3.05) is 40.5 Å². The van der Waals surface area contributed by atoms with Crippen molar-refractivity contribution in [2.24, 2.45) is 10.9 Å². The van der Waals surface area contributed by atoms with Gasteiger partial charge < -0.3 is 25.0 Å². The SMILES string of the molecule is CN=C(NCc1cccc(OCCCOC)c1)NC1CCN(C(=O)C(C)C)C1.I. The first kappa shape index (κ1) is 25.5. The topological polar surface area (TPSA) is 75.2 Å². The second-order valence-corrected chi connectivity index (χ2v) is 7.34. The molecule has 1 aliphatic rings. The molecule has 1 aromatic rings. The predicted octanol–water partition coefficient (Wildman–Crippen LogP) is 2.64. The molecule has 29 heavy (non-hydrogen) atoms. The highest BCUT2D eigenvalue weighted by Crippen LogP contribution is 2.14. The molecule has 0 aliphatic carbocycles. The molecule has 0 saturated carbocycles. The number of rotatable bonds is 9. The summed E-state index contributed by atoms with van der Waals surface area (Å²) in [6.45, 7) is 7.40. The highest BCUT2D eigenvalue weighted by Gasteiger charge is 2.27. The number of hydrogen-bond acceptors (Lipinski definition) is 4. The molecule has 1 unspecified atom stereocenters. The molecule has 1 aliphatic heterocycles. The van der Waals surface area contributed by atoms with E-state index in [-0.39, 0.29) is 41.8 Å². The molecule has 0 aromatic heterocycles. The molecule has 8 heteroatoms. The number of amides is 1. The van der Waals surface area contributed by atoms with Gasteiger partial charge in [0.2, 0.25) is 5.91 Å². The van der Waals surface area contributed by atoms with Gasteiger partial charge >= 0.3 is 0 Å². The van der Waals surface area contributed by atoms with Crippen molar-refractivity contribution in [3.63, 3.8) is 0 Å². The van der Waals surface area contributed by atoms with Gasteiger partial charge in [0, 0.05) is 58.8 Å². The largest absolute Gasteiger partial charge is 0.493 e. The Hall–Kier alpha value is -1.55. The number of aliphatic imine (C=N–C) groups is 1. The van der Waals surface area contributed by atoms with Crippen molar-refractivity contribution < 1.29 is 14.3 Å². The molecular weight excluding hydrogens is 483 g/mol. The van der Waals surface area contributed by atoms with Crippen LogP contribution >= 0.6 is 24.0 Å². The number of guanidine groups is 1. The first-order chi connectivity index (χ1) is 13.5. The van der Waals surface area contributed by atoms with Crippen molar-refractivity contribution in [2.45, 2.75) is 39.3 Å². The Kier molecular flexibility index (Phi) is 12.0. The second-order valence-electron chi connectivity index (χ2n) is 7.34. The van der Waals surface area contributed by atoms with Crippen LogP contribution in [0.15, 0.2) is 29.3 Å². The van der Waals surface area contributed by atoms with Crippen LogP contribution in [0.1, 0.15) is 32.3 Å². The van der Waals surface area contributed by atoms with Gasteiger partial charge in [-0.3, -0.25) is 9.79 Å². The molecule has 1 aromatic carbocycles. The summed E-state index contributed by atoms with van der Waals surface area (Å²) >= 11 is 0. The molecule has 1 atom stereocenters. The lowest BCUT2D eigenvalue weighted by Gasteiger charge is -2.20. The number of likely N-dealkylation sites (tertiary alicyclic amines) is 1. The van der Waals surface area contributed by atoms with Crippen LogP contribution in [0, 0.1) is 5.92 Å². The number of benzene rings is 1. The van der Waals surface area contributed by atoms with Gasteiger partial charge in [0.25, 0.3) is 0 Å². The summed E-state index contributed by atoms with van der Waals surface area (Å²) in [4.78, 5) is 18.4. The molecule has 1 amide bonds. The minimum absolute atomic E-state index is 0. The summed E-state index contributed by atoms with van der Waals surface area (Å²) in [5.41, 5.74) is 1.12. The number of nitrogens with zero attached hydrogens (tertiary/aromatic N) is 2. The van der Waals surface area contributed by atoms with Crippen LogP contribution in [-0.2, 0) is 16.1 Å².